The van der Waals surface area contributed by atoms with Gasteiger partial charge >= 0.3 is 0 Å². The van der Waals surface area contributed by atoms with E-state index in [-0.39, 0.29) is 35.2 Å². The van der Waals surface area contributed by atoms with E-state index in [2.05, 4.69) is 5.32 Å². The second kappa shape index (κ2) is 6.57. The summed E-state index contributed by atoms with van der Waals surface area (Å²) in [6, 6.07) is 6.09. The Bertz CT molecular complexity index is 661. The van der Waals surface area contributed by atoms with Crippen LogP contribution in [-0.2, 0) is 14.6 Å². The molecule has 126 valence electrons. The van der Waals surface area contributed by atoms with Crippen LogP contribution in [0, 0.1) is 11.7 Å². The summed E-state index contributed by atoms with van der Waals surface area (Å²) in [7, 11) is -2.98. The Hall–Kier alpha value is -1.47. The number of hydrogen-bond donors (Lipinski definition) is 1. The molecular weight excluding hydrogens is 319 g/mol. The van der Waals surface area contributed by atoms with Crippen molar-refractivity contribution in [2.45, 2.75) is 18.9 Å². The minimum Gasteiger partial charge on any atom is -0.333 e. The second-order valence-corrected chi connectivity index (χ2v) is 8.53. The van der Waals surface area contributed by atoms with Gasteiger partial charge in [-0.05, 0) is 30.5 Å². The molecule has 1 aromatic rings. The molecule has 2 aliphatic rings. The van der Waals surface area contributed by atoms with Crippen LogP contribution in [0.2, 0.25) is 0 Å². The van der Waals surface area contributed by atoms with E-state index >= 15 is 0 Å². The van der Waals surface area contributed by atoms with Crippen molar-refractivity contribution in [3.63, 3.8) is 0 Å². The zero-order valence-corrected chi connectivity index (χ0v) is 13.7. The summed E-state index contributed by atoms with van der Waals surface area (Å²) in [5, 5.41) is 3.27. The number of rotatable bonds is 2. The number of nitrogens with zero attached hydrogens (tertiary/aromatic N) is 1. The van der Waals surface area contributed by atoms with Gasteiger partial charge in [-0.15, -0.1) is 0 Å². The van der Waals surface area contributed by atoms with Crippen LogP contribution in [0.5, 0.6) is 0 Å². The largest absolute Gasteiger partial charge is 0.333 e. The summed E-state index contributed by atoms with van der Waals surface area (Å²) in [4.78, 5) is 14.7. The normalized spacial score (nSPS) is 25.3. The zero-order chi connectivity index (χ0) is 16.4. The molecule has 1 amide bonds. The average molecular weight is 340 g/mol. The molecule has 7 heteroatoms. The third kappa shape index (κ3) is 3.72. The van der Waals surface area contributed by atoms with Crippen molar-refractivity contribution in [3.8, 4) is 0 Å². The molecule has 2 heterocycles. The van der Waals surface area contributed by atoms with Crippen molar-refractivity contribution >= 4 is 15.7 Å². The second-order valence-electron chi connectivity index (χ2n) is 6.23. The molecule has 1 aromatic carbocycles. The first-order chi connectivity index (χ1) is 11.0. The number of piperazine rings is 1. The summed E-state index contributed by atoms with van der Waals surface area (Å²) in [6.45, 7) is 1.93. The first-order valence-electron chi connectivity index (χ1n) is 7.93. The summed E-state index contributed by atoms with van der Waals surface area (Å²) < 4.78 is 36.2. The van der Waals surface area contributed by atoms with Crippen molar-refractivity contribution < 1.29 is 17.6 Å². The van der Waals surface area contributed by atoms with Crippen molar-refractivity contribution in [2.75, 3.05) is 31.1 Å². The van der Waals surface area contributed by atoms with Gasteiger partial charge in [0.05, 0.1) is 17.5 Å². The average Bonchev–Trinajstić information content (AvgIpc) is 2.55. The number of hydrogen-bond acceptors (Lipinski definition) is 4. The van der Waals surface area contributed by atoms with Gasteiger partial charge in [-0.2, -0.15) is 0 Å². The van der Waals surface area contributed by atoms with Gasteiger partial charge in [-0.1, -0.05) is 12.1 Å². The molecule has 0 radical (unpaired) electrons. The van der Waals surface area contributed by atoms with E-state index in [9.17, 15) is 17.6 Å². The Balaban J connectivity index is 1.76. The lowest BCUT2D eigenvalue weighted by molar-refractivity contribution is -0.139. The van der Waals surface area contributed by atoms with Crippen LogP contribution in [0.3, 0.4) is 0 Å². The Labute approximate surface area is 135 Å². The number of benzene rings is 1. The Kier molecular flexibility index (Phi) is 4.68. The molecular formula is C16H21FN2O3S. The van der Waals surface area contributed by atoms with Crippen LogP contribution in [-0.4, -0.2) is 50.4 Å². The van der Waals surface area contributed by atoms with E-state index in [4.69, 9.17) is 0 Å². The fraction of sp³-hybridized carbons (Fsp3) is 0.562. The number of amides is 1. The maximum Gasteiger partial charge on any atom is 0.226 e. The quantitative estimate of drug-likeness (QED) is 0.876. The van der Waals surface area contributed by atoms with Crippen molar-refractivity contribution in [1.82, 2.24) is 10.2 Å². The van der Waals surface area contributed by atoms with Gasteiger partial charge in [0.25, 0.3) is 0 Å². The van der Waals surface area contributed by atoms with Crippen LogP contribution in [0.4, 0.5) is 4.39 Å². The number of carbonyl (C=O) groups excluding carboxylic acids is 1. The zero-order valence-electron chi connectivity index (χ0n) is 12.9. The SMILES string of the molecule is O=C(C1CCS(=O)(=O)CC1)N1CCNCC1c1ccc(F)cc1. The van der Waals surface area contributed by atoms with E-state index in [1.54, 1.807) is 12.1 Å². The van der Waals surface area contributed by atoms with E-state index in [1.165, 1.54) is 12.1 Å². The van der Waals surface area contributed by atoms with Gasteiger partial charge in [-0.25, -0.2) is 12.8 Å². The fourth-order valence-electron chi connectivity index (χ4n) is 3.32. The van der Waals surface area contributed by atoms with Crippen LogP contribution in [0.1, 0.15) is 24.4 Å². The molecule has 2 fully saturated rings. The maximum absolute atomic E-state index is 13.1. The molecule has 23 heavy (non-hydrogen) atoms. The number of halogens is 1. The van der Waals surface area contributed by atoms with Gasteiger partial charge in [-0.3, -0.25) is 4.79 Å². The highest BCUT2D eigenvalue weighted by molar-refractivity contribution is 7.91. The van der Waals surface area contributed by atoms with E-state index < -0.39 is 9.84 Å². The van der Waals surface area contributed by atoms with Gasteiger partial charge in [0.1, 0.15) is 15.7 Å². The molecule has 1 atom stereocenters. The minimum absolute atomic E-state index is 0.0238. The third-order valence-corrected chi connectivity index (χ3v) is 6.40. The van der Waals surface area contributed by atoms with Crippen molar-refractivity contribution in [2.24, 2.45) is 5.92 Å². The highest BCUT2D eigenvalue weighted by atomic mass is 32.2. The van der Waals surface area contributed by atoms with Crippen LogP contribution in [0.15, 0.2) is 24.3 Å². The third-order valence-electron chi connectivity index (χ3n) is 4.69. The molecule has 0 aromatic heterocycles. The van der Waals surface area contributed by atoms with Crippen LogP contribution < -0.4 is 5.32 Å². The minimum atomic E-state index is -2.98. The van der Waals surface area contributed by atoms with Gasteiger partial charge in [0, 0.05) is 25.6 Å². The first-order valence-corrected chi connectivity index (χ1v) is 9.75. The monoisotopic (exact) mass is 340 g/mol. The molecule has 0 spiro atoms. The summed E-state index contributed by atoms with van der Waals surface area (Å²) in [5.74, 6) is -0.309. The Morgan fingerprint density at radius 2 is 1.83 bits per heavy atom. The van der Waals surface area contributed by atoms with Crippen molar-refractivity contribution in [1.29, 1.82) is 0 Å². The molecule has 2 aliphatic heterocycles. The Morgan fingerprint density at radius 3 is 2.48 bits per heavy atom. The predicted octanol–water partition coefficient (Wildman–Crippen LogP) is 1.12. The van der Waals surface area contributed by atoms with Gasteiger partial charge < -0.3 is 10.2 Å². The van der Waals surface area contributed by atoms with Crippen molar-refractivity contribution in [3.05, 3.63) is 35.6 Å². The number of sulfone groups is 1. The number of carbonyl (C=O) groups is 1. The maximum atomic E-state index is 13.1. The summed E-state index contributed by atoms with van der Waals surface area (Å²) >= 11 is 0. The molecule has 0 aliphatic carbocycles. The lowest BCUT2D eigenvalue weighted by Crippen LogP contribution is -2.51. The number of nitrogens with one attached hydrogen (secondary N) is 1. The summed E-state index contributed by atoms with van der Waals surface area (Å²) in [6.07, 6.45) is 0.808. The van der Waals surface area contributed by atoms with E-state index in [0.717, 1.165) is 5.56 Å². The van der Waals surface area contributed by atoms with Crippen LogP contribution >= 0.6 is 0 Å². The molecule has 3 rings (SSSR count). The predicted molar refractivity (Wildman–Crippen MR) is 85.1 cm³/mol. The highest BCUT2D eigenvalue weighted by Crippen LogP contribution is 2.28. The highest BCUT2D eigenvalue weighted by Gasteiger charge is 2.35. The summed E-state index contributed by atoms with van der Waals surface area (Å²) in [5.41, 5.74) is 0.899. The lowest BCUT2D eigenvalue weighted by Gasteiger charge is -2.39. The topological polar surface area (TPSA) is 66.5 Å². The van der Waals surface area contributed by atoms with Gasteiger partial charge in [0.2, 0.25) is 5.91 Å². The first kappa shape index (κ1) is 16.4. The van der Waals surface area contributed by atoms with Gasteiger partial charge in [0.15, 0.2) is 0 Å². The molecule has 0 saturated carbocycles. The molecule has 1 N–H and O–H groups in total. The molecule has 5 nitrogen and oxygen atoms in total. The standard InChI is InChI=1S/C16H21FN2O3S/c17-14-3-1-12(2-4-14)15-11-18-7-8-19(15)16(20)13-5-9-23(21,22)10-6-13/h1-4,13,15,18H,5-11H2. The molecule has 1 unspecified atom stereocenters. The fourth-order valence-corrected chi connectivity index (χ4v) is 4.81. The van der Waals surface area contributed by atoms with E-state index in [1.807, 2.05) is 4.90 Å². The Morgan fingerprint density at radius 1 is 1.17 bits per heavy atom. The van der Waals surface area contributed by atoms with E-state index in [0.29, 0.717) is 32.5 Å². The van der Waals surface area contributed by atoms with Crippen LogP contribution in [0.25, 0.3) is 0 Å². The smallest absolute Gasteiger partial charge is 0.226 e. The molecule has 2 saturated heterocycles. The molecule has 0 bridgehead atoms. The lowest BCUT2D eigenvalue weighted by atomic mass is 9.97.